The minimum absolute atomic E-state index is 0.118. The predicted molar refractivity (Wildman–Crippen MR) is 142 cm³/mol. The first kappa shape index (κ1) is 23.8. The van der Waals surface area contributed by atoms with Crippen LogP contribution in [0, 0.1) is 0 Å². The molecule has 3 aromatic carbocycles. The van der Waals surface area contributed by atoms with Crippen molar-refractivity contribution in [1.82, 2.24) is 0 Å². The molecule has 0 radical (unpaired) electrons. The highest BCUT2D eigenvalue weighted by atomic mass is 16.5. The zero-order chi connectivity index (χ0) is 25.2. The summed E-state index contributed by atoms with van der Waals surface area (Å²) < 4.78 is 16.9. The maximum atomic E-state index is 13.9. The highest BCUT2D eigenvalue weighted by molar-refractivity contribution is 6.01. The lowest BCUT2D eigenvalue weighted by molar-refractivity contribution is -0.116. The summed E-state index contributed by atoms with van der Waals surface area (Å²) in [5.41, 5.74) is 6.85. The van der Waals surface area contributed by atoms with Crippen LogP contribution in [0.1, 0.15) is 48.4 Å². The summed E-state index contributed by atoms with van der Waals surface area (Å²) in [6.07, 6.45) is 2.20. The number of fused-ring (bicyclic) bond motifs is 1. The second-order valence-corrected chi connectivity index (χ2v) is 9.21. The molecule has 3 aromatic rings. The van der Waals surface area contributed by atoms with E-state index in [1.807, 2.05) is 36.4 Å². The molecular weight excluding hydrogens is 452 g/mol. The number of benzene rings is 3. The molecule has 2 unspecified atom stereocenters. The van der Waals surface area contributed by atoms with Crippen molar-refractivity contribution < 1.29 is 19.0 Å². The molecule has 0 fully saturated rings. The maximum Gasteiger partial charge on any atom is 0.164 e. The van der Waals surface area contributed by atoms with Gasteiger partial charge in [0.15, 0.2) is 17.3 Å². The van der Waals surface area contributed by atoms with Gasteiger partial charge in [0.25, 0.3) is 0 Å². The molecule has 36 heavy (non-hydrogen) atoms. The highest BCUT2D eigenvalue weighted by Gasteiger charge is 2.37. The van der Waals surface area contributed by atoms with Crippen LogP contribution in [-0.2, 0) is 11.2 Å². The van der Waals surface area contributed by atoms with E-state index in [4.69, 9.17) is 14.2 Å². The number of hydrogen-bond donors (Lipinski definition) is 2. The highest BCUT2D eigenvalue weighted by Crippen LogP contribution is 2.47. The standard InChI is InChI=1S/C30H32N2O4/c1-5-18-10-12-19(13-11-18)20-14-24-29(25(33)15-20)30(32-23-9-7-6-8-22(23)31-24)21-16-27(35-3)28(36-4)17-26(21)34-2/h6-13,16-17,20,30-32H,5,14-15H2,1-4H3. The molecule has 186 valence electrons. The molecule has 0 spiro atoms. The van der Waals surface area contributed by atoms with Crippen molar-refractivity contribution >= 4 is 17.2 Å². The first-order chi connectivity index (χ1) is 17.6. The fraction of sp³-hybridized carbons (Fsp3) is 0.300. The summed E-state index contributed by atoms with van der Waals surface area (Å²) in [4.78, 5) is 13.9. The lowest BCUT2D eigenvalue weighted by Crippen LogP contribution is -2.27. The second-order valence-electron chi connectivity index (χ2n) is 9.21. The molecule has 2 atom stereocenters. The minimum Gasteiger partial charge on any atom is -0.496 e. The van der Waals surface area contributed by atoms with Gasteiger partial charge in [-0.05, 0) is 48.1 Å². The third kappa shape index (κ3) is 4.28. The number of ether oxygens (including phenoxy) is 3. The van der Waals surface area contributed by atoms with Crippen molar-refractivity contribution in [1.29, 1.82) is 0 Å². The van der Waals surface area contributed by atoms with E-state index in [2.05, 4.69) is 41.8 Å². The van der Waals surface area contributed by atoms with Crippen molar-refractivity contribution in [2.24, 2.45) is 0 Å². The summed E-state index contributed by atoms with van der Waals surface area (Å²) in [7, 11) is 4.83. The smallest absolute Gasteiger partial charge is 0.164 e. The Labute approximate surface area is 212 Å². The zero-order valence-electron chi connectivity index (χ0n) is 21.2. The SMILES string of the molecule is CCc1ccc(C2CC(=O)C3=C(C2)Nc2ccccc2NC3c2cc(OC)c(OC)cc2OC)cc1. The average Bonchev–Trinajstić information content (AvgIpc) is 3.09. The van der Waals surface area contributed by atoms with Gasteiger partial charge in [-0.2, -0.15) is 0 Å². The molecule has 6 nitrogen and oxygen atoms in total. The molecule has 6 heteroatoms. The number of para-hydroxylation sites is 2. The van der Waals surface area contributed by atoms with Gasteiger partial charge in [0, 0.05) is 29.3 Å². The molecule has 1 aliphatic carbocycles. The van der Waals surface area contributed by atoms with Crippen LogP contribution in [0.25, 0.3) is 0 Å². The van der Waals surface area contributed by atoms with Crippen LogP contribution in [0.15, 0.2) is 71.9 Å². The van der Waals surface area contributed by atoms with Crippen LogP contribution in [0.2, 0.25) is 0 Å². The van der Waals surface area contributed by atoms with E-state index in [1.54, 1.807) is 21.3 Å². The quantitative estimate of drug-likeness (QED) is 0.431. The van der Waals surface area contributed by atoms with Crippen molar-refractivity contribution in [3.8, 4) is 17.2 Å². The van der Waals surface area contributed by atoms with Crippen molar-refractivity contribution in [2.45, 2.75) is 38.1 Å². The van der Waals surface area contributed by atoms with Gasteiger partial charge in [0.2, 0.25) is 0 Å². The Morgan fingerprint density at radius 3 is 2.17 bits per heavy atom. The van der Waals surface area contributed by atoms with E-state index in [0.29, 0.717) is 23.7 Å². The maximum absolute atomic E-state index is 13.9. The Bertz CT molecular complexity index is 1310. The van der Waals surface area contributed by atoms with Crippen LogP contribution in [-0.4, -0.2) is 27.1 Å². The van der Waals surface area contributed by atoms with Gasteiger partial charge in [0.1, 0.15) is 5.75 Å². The van der Waals surface area contributed by atoms with Crippen LogP contribution in [0.3, 0.4) is 0 Å². The summed E-state index contributed by atoms with van der Waals surface area (Å²) in [6, 6.07) is 20.0. The summed E-state index contributed by atoms with van der Waals surface area (Å²) in [5.74, 6) is 2.02. The number of carbonyl (C=O) groups excluding carboxylic acids is 1. The number of carbonyl (C=O) groups is 1. The molecule has 1 heterocycles. The third-order valence-electron chi connectivity index (χ3n) is 7.22. The van der Waals surface area contributed by atoms with Crippen molar-refractivity contribution in [3.05, 3.63) is 88.6 Å². The number of anilines is 2. The Kier molecular flexibility index (Phi) is 6.59. The third-order valence-corrected chi connectivity index (χ3v) is 7.22. The van der Waals surface area contributed by atoms with E-state index < -0.39 is 6.04 Å². The molecule has 1 aliphatic heterocycles. The van der Waals surface area contributed by atoms with Gasteiger partial charge in [-0.3, -0.25) is 4.79 Å². The monoisotopic (exact) mass is 484 g/mol. The van der Waals surface area contributed by atoms with Gasteiger partial charge in [0.05, 0.1) is 38.7 Å². The number of aryl methyl sites for hydroxylation is 1. The summed E-state index contributed by atoms with van der Waals surface area (Å²) in [6.45, 7) is 2.15. The largest absolute Gasteiger partial charge is 0.496 e. The molecule has 0 bridgehead atoms. The molecule has 0 saturated heterocycles. The van der Waals surface area contributed by atoms with Gasteiger partial charge in [-0.1, -0.05) is 43.3 Å². The van der Waals surface area contributed by atoms with Gasteiger partial charge in [-0.25, -0.2) is 0 Å². The van der Waals surface area contributed by atoms with Gasteiger partial charge >= 0.3 is 0 Å². The fourth-order valence-electron chi connectivity index (χ4n) is 5.27. The van der Waals surface area contributed by atoms with E-state index in [9.17, 15) is 4.79 Å². The minimum atomic E-state index is -0.415. The first-order valence-corrected chi connectivity index (χ1v) is 12.3. The summed E-state index contributed by atoms with van der Waals surface area (Å²) >= 11 is 0. The van der Waals surface area contributed by atoms with Crippen molar-refractivity contribution in [2.75, 3.05) is 32.0 Å². The van der Waals surface area contributed by atoms with Crippen molar-refractivity contribution in [3.63, 3.8) is 0 Å². The van der Waals surface area contributed by atoms with Gasteiger partial charge < -0.3 is 24.8 Å². The molecule has 0 saturated carbocycles. The number of methoxy groups -OCH3 is 3. The lowest BCUT2D eigenvalue weighted by Gasteiger charge is -2.30. The number of Topliss-reactive ketones (excluding diaryl/α,β-unsaturated/α-hetero) is 1. The average molecular weight is 485 g/mol. The molecule has 0 amide bonds. The Morgan fingerprint density at radius 2 is 1.50 bits per heavy atom. The van der Waals surface area contributed by atoms with Crippen LogP contribution in [0.4, 0.5) is 11.4 Å². The first-order valence-electron chi connectivity index (χ1n) is 12.3. The topological polar surface area (TPSA) is 68.8 Å². The number of ketones is 1. The Hall–Kier alpha value is -3.93. The predicted octanol–water partition coefficient (Wildman–Crippen LogP) is 6.25. The fourth-order valence-corrected chi connectivity index (χ4v) is 5.27. The molecular formula is C30H32N2O4. The van der Waals surface area contributed by atoms with E-state index in [1.165, 1.54) is 11.1 Å². The lowest BCUT2D eigenvalue weighted by atomic mass is 9.78. The van der Waals surface area contributed by atoms with Crippen LogP contribution in [0.5, 0.6) is 17.2 Å². The number of nitrogens with one attached hydrogen (secondary N) is 2. The number of allylic oxidation sites excluding steroid dienone is 1. The Morgan fingerprint density at radius 1 is 0.833 bits per heavy atom. The van der Waals surface area contributed by atoms with E-state index in [-0.39, 0.29) is 11.7 Å². The molecule has 0 aromatic heterocycles. The van der Waals surface area contributed by atoms with E-state index >= 15 is 0 Å². The zero-order valence-corrected chi connectivity index (χ0v) is 21.2. The number of rotatable bonds is 6. The summed E-state index contributed by atoms with van der Waals surface area (Å²) in [5, 5.41) is 7.22. The molecule has 2 N–H and O–H groups in total. The van der Waals surface area contributed by atoms with Crippen LogP contribution >= 0.6 is 0 Å². The molecule has 2 aliphatic rings. The van der Waals surface area contributed by atoms with E-state index in [0.717, 1.165) is 41.1 Å². The molecule has 5 rings (SSSR count). The second kappa shape index (κ2) is 9.97. The van der Waals surface area contributed by atoms with Gasteiger partial charge in [-0.15, -0.1) is 0 Å². The Balaban J connectivity index is 1.63. The number of hydrogen-bond acceptors (Lipinski definition) is 6. The van der Waals surface area contributed by atoms with Crippen LogP contribution < -0.4 is 24.8 Å². The normalized spacial score (nSPS) is 18.8.